The minimum atomic E-state index is -4.53. The number of alkyl halides is 3. The summed E-state index contributed by atoms with van der Waals surface area (Å²) in [6.45, 7) is 6.14. The highest BCUT2D eigenvalue weighted by Crippen LogP contribution is 2.34. The van der Waals surface area contributed by atoms with Gasteiger partial charge in [0.2, 0.25) is 5.95 Å². The maximum Gasteiger partial charge on any atom is 0.416 e. The number of hydrogen-bond acceptors (Lipinski definition) is 5. The minimum Gasteiger partial charge on any atom is -0.322 e. The Morgan fingerprint density at radius 3 is 2.52 bits per heavy atom. The third-order valence-electron chi connectivity index (χ3n) is 6.55. The number of amides is 1. The fourth-order valence-corrected chi connectivity index (χ4v) is 4.48. The average molecular weight is 545 g/mol. The number of anilines is 3. The van der Waals surface area contributed by atoms with E-state index in [4.69, 9.17) is 4.98 Å². The molecule has 0 atom stereocenters. The molecule has 2 N–H and O–H groups in total. The number of carbonyl (C=O) groups excluding carboxylic acids is 1. The molecular weight excluding hydrogens is 517 g/mol. The summed E-state index contributed by atoms with van der Waals surface area (Å²) >= 11 is 0. The molecule has 5 rings (SSSR count). The lowest BCUT2D eigenvalue weighted by molar-refractivity contribution is -0.137. The van der Waals surface area contributed by atoms with Gasteiger partial charge in [-0.25, -0.2) is 9.97 Å². The van der Waals surface area contributed by atoms with Crippen LogP contribution in [-0.4, -0.2) is 25.7 Å². The summed E-state index contributed by atoms with van der Waals surface area (Å²) in [5.74, 6) is 0.619. The first-order valence-corrected chi connectivity index (χ1v) is 12.6. The van der Waals surface area contributed by atoms with Crippen LogP contribution in [0.3, 0.4) is 0 Å². The van der Waals surface area contributed by atoms with E-state index in [1.807, 2.05) is 44.4 Å². The summed E-state index contributed by atoms with van der Waals surface area (Å²) < 4.78 is 41.0. The molecule has 0 aliphatic heterocycles. The number of hydrogen-bond donors (Lipinski definition) is 2. The van der Waals surface area contributed by atoms with Crippen LogP contribution in [0, 0.1) is 6.92 Å². The lowest BCUT2D eigenvalue weighted by Crippen LogP contribution is -2.14. The Morgan fingerprint density at radius 2 is 1.82 bits per heavy atom. The van der Waals surface area contributed by atoms with Crippen LogP contribution in [0.25, 0.3) is 22.0 Å². The lowest BCUT2D eigenvalue weighted by atomic mass is 9.92. The molecule has 204 valence electrons. The van der Waals surface area contributed by atoms with Crippen molar-refractivity contribution in [3.63, 3.8) is 0 Å². The highest BCUT2D eigenvalue weighted by molar-refractivity contribution is 6.04. The topological polar surface area (TPSA) is 84.7 Å². The zero-order valence-corrected chi connectivity index (χ0v) is 22.3. The maximum absolute atomic E-state index is 13.1. The molecule has 0 unspecified atom stereocenters. The molecule has 0 aliphatic rings. The second-order valence-corrected chi connectivity index (χ2v) is 9.91. The molecule has 0 saturated heterocycles. The molecule has 2 aromatic heterocycles. The Kier molecular flexibility index (Phi) is 7.01. The fourth-order valence-electron chi connectivity index (χ4n) is 4.48. The zero-order chi connectivity index (χ0) is 28.6. The van der Waals surface area contributed by atoms with E-state index in [-0.39, 0.29) is 11.5 Å². The maximum atomic E-state index is 13.1. The molecule has 0 spiro atoms. The molecule has 0 radical (unpaired) electrons. The first-order valence-electron chi connectivity index (χ1n) is 12.6. The number of nitrogens with one attached hydrogen (secondary N) is 2. The SMILES string of the molecule is Cc1ccc(NC(=O)c2cccc(C(F)(F)F)c2)cc1-c1cc(C(C)C)c2nc(Nc3ccn(C)n3)ncc2c1. The van der Waals surface area contributed by atoms with Crippen molar-refractivity contribution in [2.24, 2.45) is 7.05 Å². The van der Waals surface area contributed by atoms with Crippen LogP contribution in [0.5, 0.6) is 0 Å². The minimum absolute atomic E-state index is 0.0722. The van der Waals surface area contributed by atoms with E-state index in [0.29, 0.717) is 17.5 Å². The van der Waals surface area contributed by atoms with Crippen molar-refractivity contribution in [3.05, 3.63) is 95.3 Å². The molecule has 0 aliphatic carbocycles. The molecular formula is C30H27F3N6O. The van der Waals surface area contributed by atoms with E-state index in [2.05, 4.69) is 40.6 Å². The van der Waals surface area contributed by atoms with Gasteiger partial charge in [0, 0.05) is 42.1 Å². The smallest absolute Gasteiger partial charge is 0.322 e. The van der Waals surface area contributed by atoms with E-state index in [0.717, 1.165) is 45.3 Å². The molecule has 3 aromatic carbocycles. The standard InChI is InChI=1S/C30H27F3N6O/c1-17(2)24-14-20(12-21-16-34-29(37-27(21)24)36-26-10-11-39(4)38-26)25-15-23(9-8-18(25)3)35-28(40)19-6-5-7-22(13-19)30(31,32)33/h5-17H,1-4H3,(H,35,40)(H,34,36,37,38). The lowest BCUT2D eigenvalue weighted by Gasteiger charge is -2.16. The van der Waals surface area contributed by atoms with Crippen molar-refractivity contribution in [1.82, 2.24) is 19.7 Å². The third-order valence-corrected chi connectivity index (χ3v) is 6.55. The van der Waals surface area contributed by atoms with Gasteiger partial charge in [0.15, 0.2) is 5.82 Å². The van der Waals surface area contributed by atoms with Crippen molar-refractivity contribution in [3.8, 4) is 11.1 Å². The zero-order valence-electron chi connectivity index (χ0n) is 22.3. The van der Waals surface area contributed by atoms with E-state index in [9.17, 15) is 18.0 Å². The number of benzene rings is 3. The fraction of sp³-hybridized carbons (Fsp3) is 0.200. The largest absolute Gasteiger partial charge is 0.416 e. The second kappa shape index (κ2) is 10.4. The first kappa shape index (κ1) is 26.9. The van der Waals surface area contributed by atoms with Crippen LogP contribution in [0.2, 0.25) is 0 Å². The highest BCUT2D eigenvalue weighted by Gasteiger charge is 2.31. The van der Waals surface area contributed by atoms with Gasteiger partial charge < -0.3 is 10.6 Å². The molecule has 0 bridgehead atoms. The monoisotopic (exact) mass is 544 g/mol. The van der Waals surface area contributed by atoms with Crippen LogP contribution in [0.1, 0.15) is 46.8 Å². The molecule has 1 amide bonds. The molecule has 7 nitrogen and oxygen atoms in total. The van der Waals surface area contributed by atoms with Gasteiger partial charge in [0.05, 0.1) is 11.1 Å². The van der Waals surface area contributed by atoms with Gasteiger partial charge in [-0.05, 0) is 77.6 Å². The number of rotatable bonds is 6. The summed E-state index contributed by atoms with van der Waals surface area (Å²) in [7, 11) is 1.83. The highest BCUT2D eigenvalue weighted by atomic mass is 19.4. The molecule has 5 aromatic rings. The normalized spacial score (nSPS) is 11.7. The van der Waals surface area contributed by atoms with E-state index >= 15 is 0 Å². The number of nitrogens with zero attached hydrogens (tertiary/aromatic N) is 4. The summed E-state index contributed by atoms with van der Waals surface area (Å²) in [6.07, 6.45) is -0.943. The average Bonchev–Trinajstić information content (AvgIpc) is 3.32. The summed E-state index contributed by atoms with van der Waals surface area (Å²) in [4.78, 5) is 22.0. The van der Waals surface area contributed by atoms with Gasteiger partial charge in [0.1, 0.15) is 0 Å². The van der Waals surface area contributed by atoms with E-state index < -0.39 is 17.6 Å². The number of aromatic nitrogens is 4. The van der Waals surface area contributed by atoms with E-state index in [1.165, 1.54) is 12.1 Å². The van der Waals surface area contributed by atoms with Gasteiger partial charge in [0.25, 0.3) is 5.91 Å². The Hall–Kier alpha value is -4.73. The van der Waals surface area contributed by atoms with Gasteiger partial charge in [-0.3, -0.25) is 9.48 Å². The van der Waals surface area contributed by atoms with Crippen molar-refractivity contribution in [1.29, 1.82) is 0 Å². The predicted molar refractivity (Wildman–Crippen MR) is 150 cm³/mol. The van der Waals surface area contributed by atoms with Gasteiger partial charge in [-0.15, -0.1) is 0 Å². The van der Waals surface area contributed by atoms with Crippen molar-refractivity contribution in [2.45, 2.75) is 32.9 Å². The Bertz CT molecular complexity index is 1720. The quantitative estimate of drug-likeness (QED) is 0.232. The predicted octanol–water partition coefficient (Wildman–Crippen LogP) is 7.48. The molecule has 0 saturated carbocycles. The van der Waals surface area contributed by atoms with Crippen molar-refractivity contribution < 1.29 is 18.0 Å². The summed E-state index contributed by atoms with van der Waals surface area (Å²) in [6, 6.07) is 15.7. The van der Waals surface area contributed by atoms with Crippen LogP contribution in [0.15, 0.2) is 73.1 Å². The van der Waals surface area contributed by atoms with E-state index in [1.54, 1.807) is 16.9 Å². The third kappa shape index (κ3) is 5.66. The van der Waals surface area contributed by atoms with Gasteiger partial charge in [-0.2, -0.15) is 18.3 Å². The first-order chi connectivity index (χ1) is 19.0. The molecule has 10 heteroatoms. The Morgan fingerprint density at radius 1 is 1.02 bits per heavy atom. The Balaban J connectivity index is 1.48. The number of fused-ring (bicyclic) bond motifs is 1. The number of halogens is 3. The number of carbonyl (C=O) groups is 1. The summed E-state index contributed by atoms with van der Waals surface area (Å²) in [5, 5.41) is 11.0. The number of aryl methyl sites for hydroxylation is 2. The van der Waals surface area contributed by atoms with Crippen LogP contribution in [0.4, 0.5) is 30.6 Å². The van der Waals surface area contributed by atoms with Crippen LogP contribution >= 0.6 is 0 Å². The van der Waals surface area contributed by atoms with Crippen molar-refractivity contribution in [2.75, 3.05) is 10.6 Å². The van der Waals surface area contributed by atoms with Crippen LogP contribution < -0.4 is 10.6 Å². The Labute approximate surface area is 229 Å². The summed E-state index contributed by atoms with van der Waals surface area (Å²) in [5.41, 5.74) is 4.13. The van der Waals surface area contributed by atoms with Crippen molar-refractivity contribution >= 4 is 34.3 Å². The van der Waals surface area contributed by atoms with Gasteiger partial charge >= 0.3 is 6.18 Å². The molecule has 2 heterocycles. The van der Waals surface area contributed by atoms with Crippen LogP contribution in [-0.2, 0) is 13.2 Å². The van der Waals surface area contributed by atoms with Gasteiger partial charge in [-0.1, -0.05) is 26.0 Å². The molecule has 40 heavy (non-hydrogen) atoms. The molecule has 0 fully saturated rings. The second-order valence-electron chi connectivity index (χ2n) is 9.91.